The lowest BCUT2D eigenvalue weighted by Gasteiger charge is -1.98. The Hall–Kier alpha value is -2.52. The van der Waals surface area contributed by atoms with Crippen LogP contribution in [0.3, 0.4) is 0 Å². The fraction of sp³-hybridized carbons (Fsp3) is 0. The minimum absolute atomic E-state index is 0.248. The van der Waals surface area contributed by atoms with Crippen LogP contribution in [0.1, 0.15) is 11.3 Å². The Kier molecular flexibility index (Phi) is 2.23. The second kappa shape index (κ2) is 3.69. The number of benzene rings is 1. The maximum Gasteiger partial charge on any atom is 0.204 e. The van der Waals surface area contributed by atoms with Gasteiger partial charge < -0.3 is 4.42 Å². The van der Waals surface area contributed by atoms with Gasteiger partial charge >= 0.3 is 0 Å². The number of rotatable bonds is 1. The molecule has 0 bridgehead atoms. The van der Waals surface area contributed by atoms with Crippen LogP contribution in [-0.4, -0.2) is 0 Å². The summed E-state index contributed by atoms with van der Waals surface area (Å²) in [6, 6.07) is 14.4. The van der Waals surface area contributed by atoms with Crippen LogP contribution >= 0.6 is 0 Å². The largest absolute Gasteiger partial charge is 0.446 e. The molecule has 0 atom stereocenters. The highest BCUT2D eigenvalue weighted by atomic mass is 16.3. The van der Waals surface area contributed by atoms with Crippen molar-refractivity contribution in [2.75, 3.05) is 0 Å². The predicted octanol–water partition coefficient (Wildman–Crippen LogP) is 2.69. The van der Waals surface area contributed by atoms with Gasteiger partial charge in [-0.1, -0.05) is 12.1 Å². The third kappa shape index (κ3) is 1.59. The van der Waals surface area contributed by atoms with E-state index in [1.165, 1.54) is 0 Å². The van der Waals surface area contributed by atoms with E-state index in [1.807, 2.05) is 12.1 Å². The van der Waals surface area contributed by atoms with Crippen molar-refractivity contribution in [3.8, 4) is 23.5 Å². The lowest BCUT2D eigenvalue weighted by molar-refractivity contribution is 0.567. The average molecular weight is 194 g/mol. The quantitative estimate of drug-likeness (QED) is 0.701. The Morgan fingerprint density at radius 2 is 1.73 bits per heavy atom. The second-order valence-corrected chi connectivity index (χ2v) is 2.93. The third-order valence-corrected chi connectivity index (χ3v) is 2.03. The normalized spacial score (nSPS) is 9.20. The minimum atomic E-state index is 0.248. The molecule has 3 heteroatoms. The minimum Gasteiger partial charge on any atom is -0.446 e. The van der Waals surface area contributed by atoms with Crippen LogP contribution in [0, 0.1) is 22.7 Å². The van der Waals surface area contributed by atoms with Crippen LogP contribution in [0.4, 0.5) is 0 Å². The first-order chi connectivity index (χ1) is 7.35. The van der Waals surface area contributed by atoms with Crippen molar-refractivity contribution >= 4 is 0 Å². The molecule has 0 saturated heterocycles. The Bertz CT molecular complexity index is 570. The predicted molar refractivity (Wildman–Crippen MR) is 53.6 cm³/mol. The van der Waals surface area contributed by atoms with Crippen LogP contribution in [0.2, 0.25) is 0 Å². The van der Waals surface area contributed by atoms with Gasteiger partial charge in [0.1, 0.15) is 11.8 Å². The zero-order valence-electron chi connectivity index (χ0n) is 7.77. The Labute approximate surface area is 86.8 Å². The maximum absolute atomic E-state index is 8.89. The summed E-state index contributed by atoms with van der Waals surface area (Å²) in [7, 11) is 0. The highest BCUT2D eigenvalue weighted by Crippen LogP contribution is 2.24. The number of nitrogens with zero attached hydrogens (tertiary/aromatic N) is 2. The molecule has 1 aromatic heterocycles. The topological polar surface area (TPSA) is 60.7 Å². The molecule has 2 aromatic rings. The average Bonchev–Trinajstić information content (AvgIpc) is 2.77. The highest BCUT2D eigenvalue weighted by molar-refractivity contribution is 5.66. The monoisotopic (exact) mass is 194 g/mol. The number of hydrogen-bond acceptors (Lipinski definition) is 3. The van der Waals surface area contributed by atoms with E-state index in [9.17, 15) is 0 Å². The second-order valence-electron chi connectivity index (χ2n) is 2.93. The Morgan fingerprint density at radius 3 is 2.40 bits per heavy atom. The van der Waals surface area contributed by atoms with Crippen LogP contribution in [0.25, 0.3) is 11.3 Å². The molecule has 0 fully saturated rings. The standard InChI is InChI=1S/C12H6N2O/c13-7-9-3-1-2-4-11(9)12-6-5-10(8-14)15-12/h1-6H. The first kappa shape index (κ1) is 9.05. The molecular weight excluding hydrogens is 188 g/mol. The van der Waals surface area contributed by atoms with Crippen molar-refractivity contribution in [2.45, 2.75) is 0 Å². The van der Waals surface area contributed by atoms with Crippen molar-refractivity contribution in [1.82, 2.24) is 0 Å². The fourth-order valence-corrected chi connectivity index (χ4v) is 1.34. The Balaban J connectivity index is 2.55. The molecule has 1 heterocycles. The van der Waals surface area contributed by atoms with Gasteiger partial charge in [-0.15, -0.1) is 0 Å². The molecule has 15 heavy (non-hydrogen) atoms. The van der Waals surface area contributed by atoms with Gasteiger partial charge in [-0.2, -0.15) is 10.5 Å². The summed E-state index contributed by atoms with van der Waals surface area (Å²) in [6.45, 7) is 0. The smallest absolute Gasteiger partial charge is 0.204 e. The summed E-state index contributed by atoms with van der Waals surface area (Å²) in [4.78, 5) is 0. The molecule has 0 radical (unpaired) electrons. The van der Waals surface area contributed by atoms with E-state index in [0.29, 0.717) is 16.9 Å². The van der Waals surface area contributed by atoms with E-state index in [1.54, 1.807) is 30.3 Å². The third-order valence-electron chi connectivity index (χ3n) is 2.03. The van der Waals surface area contributed by atoms with Gasteiger partial charge in [0, 0.05) is 5.56 Å². The SMILES string of the molecule is N#Cc1ccc(-c2ccccc2C#N)o1. The van der Waals surface area contributed by atoms with Crippen molar-refractivity contribution in [3.05, 3.63) is 47.7 Å². The van der Waals surface area contributed by atoms with Crippen LogP contribution in [-0.2, 0) is 0 Å². The van der Waals surface area contributed by atoms with E-state index in [2.05, 4.69) is 6.07 Å². The fourth-order valence-electron chi connectivity index (χ4n) is 1.34. The molecule has 0 aliphatic rings. The summed E-state index contributed by atoms with van der Waals surface area (Å²) in [6.07, 6.45) is 0. The summed E-state index contributed by atoms with van der Waals surface area (Å²) in [5, 5.41) is 17.5. The van der Waals surface area contributed by atoms with Crippen molar-refractivity contribution in [1.29, 1.82) is 10.5 Å². The molecule has 0 amide bonds. The lowest BCUT2D eigenvalue weighted by atomic mass is 10.1. The molecule has 0 N–H and O–H groups in total. The van der Waals surface area contributed by atoms with Crippen molar-refractivity contribution in [2.24, 2.45) is 0 Å². The summed E-state index contributed by atoms with van der Waals surface area (Å²) in [5.74, 6) is 0.793. The van der Waals surface area contributed by atoms with E-state index in [-0.39, 0.29) is 5.76 Å². The maximum atomic E-state index is 8.89. The summed E-state index contributed by atoms with van der Waals surface area (Å²) in [5.41, 5.74) is 1.25. The van der Waals surface area contributed by atoms with Gasteiger partial charge in [0.15, 0.2) is 0 Å². The molecule has 2 rings (SSSR count). The van der Waals surface area contributed by atoms with Crippen molar-refractivity contribution < 1.29 is 4.42 Å². The number of nitriles is 2. The molecule has 0 aliphatic carbocycles. The molecule has 0 spiro atoms. The summed E-state index contributed by atoms with van der Waals surface area (Å²) >= 11 is 0. The van der Waals surface area contributed by atoms with Gasteiger partial charge in [0.2, 0.25) is 5.76 Å². The van der Waals surface area contributed by atoms with E-state index in [4.69, 9.17) is 14.9 Å². The zero-order valence-corrected chi connectivity index (χ0v) is 7.77. The van der Waals surface area contributed by atoms with Gasteiger partial charge in [-0.05, 0) is 24.3 Å². The van der Waals surface area contributed by atoms with Gasteiger partial charge in [0.25, 0.3) is 0 Å². The van der Waals surface area contributed by atoms with E-state index >= 15 is 0 Å². The van der Waals surface area contributed by atoms with E-state index in [0.717, 1.165) is 0 Å². The first-order valence-electron chi connectivity index (χ1n) is 4.34. The first-order valence-corrected chi connectivity index (χ1v) is 4.34. The number of hydrogen-bond donors (Lipinski definition) is 0. The molecule has 0 saturated carbocycles. The summed E-state index contributed by atoms with van der Waals surface area (Å²) < 4.78 is 5.25. The number of furan rings is 1. The molecule has 0 aliphatic heterocycles. The molecule has 70 valence electrons. The van der Waals surface area contributed by atoms with Gasteiger partial charge in [0.05, 0.1) is 11.6 Å². The highest BCUT2D eigenvalue weighted by Gasteiger charge is 2.08. The molecule has 1 aromatic carbocycles. The van der Waals surface area contributed by atoms with Crippen LogP contribution in [0.5, 0.6) is 0 Å². The molecule has 3 nitrogen and oxygen atoms in total. The zero-order chi connectivity index (χ0) is 10.7. The van der Waals surface area contributed by atoms with Crippen molar-refractivity contribution in [3.63, 3.8) is 0 Å². The molecule has 0 unspecified atom stereocenters. The van der Waals surface area contributed by atoms with Crippen LogP contribution in [0.15, 0.2) is 40.8 Å². The van der Waals surface area contributed by atoms with Gasteiger partial charge in [-0.25, -0.2) is 0 Å². The molecular formula is C12H6N2O. The van der Waals surface area contributed by atoms with Gasteiger partial charge in [-0.3, -0.25) is 0 Å². The lowest BCUT2D eigenvalue weighted by Crippen LogP contribution is -1.80. The van der Waals surface area contributed by atoms with Crippen LogP contribution < -0.4 is 0 Å². The Morgan fingerprint density at radius 1 is 0.933 bits per heavy atom. The van der Waals surface area contributed by atoms with E-state index < -0.39 is 0 Å².